The van der Waals surface area contributed by atoms with Crippen LogP contribution in [0.1, 0.15) is 49.5 Å². The van der Waals surface area contributed by atoms with Gasteiger partial charge in [-0.15, -0.1) is 0 Å². The minimum absolute atomic E-state index is 0.338. The summed E-state index contributed by atoms with van der Waals surface area (Å²) in [4.78, 5) is 9.08. The molecule has 0 saturated heterocycles. The third-order valence-electron chi connectivity index (χ3n) is 3.89. The van der Waals surface area contributed by atoms with Crippen LogP contribution in [0.4, 0.5) is 5.82 Å². The van der Waals surface area contributed by atoms with E-state index < -0.39 is 0 Å². The molecule has 2 aromatic heterocycles. The van der Waals surface area contributed by atoms with Crippen LogP contribution in [0, 0.1) is 0 Å². The number of nitrogens with zero attached hydrogens (tertiary/aromatic N) is 3. The molecule has 1 fully saturated rings. The maximum Gasteiger partial charge on any atom is 0.150 e. The molecular formula is C14H16N4. The average molecular weight is 240 g/mol. The van der Waals surface area contributed by atoms with Crippen molar-refractivity contribution in [2.45, 2.75) is 38.1 Å². The van der Waals surface area contributed by atoms with E-state index in [-0.39, 0.29) is 0 Å². The molecule has 1 aliphatic carbocycles. The van der Waals surface area contributed by atoms with Crippen molar-refractivity contribution in [3.05, 3.63) is 36.0 Å². The lowest BCUT2D eigenvalue weighted by molar-refractivity contribution is 0.670. The van der Waals surface area contributed by atoms with E-state index in [2.05, 4.69) is 32.8 Å². The van der Waals surface area contributed by atoms with E-state index in [4.69, 9.17) is 0 Å². The smallest absolute Gasteiger partial charge is 0.150 e. The van der Waals surface area contributed by atoms with Gasteiger partial charge < -0.3 is 5.32 Å². The van der Waals surface area contributed by atoms with E-state index in [1.807, 2.05) is 18.6 Å². The largest absolute Gasteiger partial charge is 0.360 e. The number of pyridine rings is 1. The number of rotatable bonds is 2. The Morgan fingerprint density at radius 2 is 2.28 bits per heavy atom. The van der Waals surface area contributed by atoms with Gasteiger partial charge in [0.2, 0.25) is 0 Å². The summed E-state index contributed by atoms with van der Waals surface area (Å²) in [5, 5.41) is 3.54. The Morgan fingerprint density at radius 1 is 1.39 bits per heavy atom. The SMILES string of the molecule is CCC1Nc2ncccc2-n2cnc(C3CC3)c21. The van der Waals surface area contributed by atoms with Gasteiger partial charge in [0, 0.05) is 12.1 Å². The van der Waals surface area contributed by atoms with E-state index in [1.165, 1.54) is 24.2 Å². The van der Waals surface area contributed by atoms with Crippen molar-refractivity contribution in [1.29, 1.82) is 0 Å². The Kier molecular flexibility index (Phi) is 2.01. The summed E-state index contributed by atoms with van der Waals surface area (Å²) in [6, 6.07) is 4.42. The fourth-order valence-corrected chi connectivity index (χ4v) is 2.81. The minimum Gasteiger partial charge on any atom is -0.360 e. The molecule has 18 heavy (non-hydrogen) atoms. The van der Waals surface area contributed by atoms with Gasteiger partial charge in [-0.25, -0.2) is 9.97 Å². The van der Waals surface area contributed by atoms with Gasteiger partial charge in [0.25, 0.3) is 0 Å². The molecule has 1 N–H and O–H groups in total. The maximum absolute atomic E-state index is 4.65. The highest BCUT2D eigenvalue weighted by Crippen LogP contribution is 2.45. The van der Waals surface area contributed by atoms with Crippen molar-refractivity contribution < 1.29 is 0 Å². The molecule has 4 rings (SSSR count). The summed E-state index contributed by atoms with van der Waals surface area (Å²) in [6.45, 7) is 2.21. The second-order valence-electron chi connectivity index (χ2n) is 5.14. The summed E-state index contributed by atoms with van der Waals surface area (Å²) < 4.78 is 2.22. The second kappa shape index (κ2) is 3.57. The summed E-state index contributed by atoms with van der Waals surface area (Å²) in [5.74, 6) is 1.66. The van der Waals surface area contributed by atoms with E-state index in [9.17, 15) is 0 Å². The number of imidazole rings is 1. The first kappa shape index (κ1) is 10.1. The van der Waals surface area contributed by atoms with Gasteiger partial charge >= 0.3 is 0 Å². The van der Waals surface area contributed by atoms with Gasteiger partial charge in [0.05, 0.1) is 29.4 Å². The Morgan fingerprint density at radius 3 is 3.06 bits per heavy atom. The highest BCUT2D eigenvalue weighted by molar-refractivity contribution is 5.61. The molecule has 0 bridgehead atoms. The molecule has 4 heteroatoms. The highest BCUT2D eigenvalue weighted by Gasteiger charge is 2.34. The Balaban J connectivity index is 1.93. The summed E-state index contributed by atoms with van der Waals surface area (Å²) >= 11 is 0. The lowest BCUT2D eigenvalue weighted by Gasteiger charge is -2.27. The molecule has 1 atom stereocenters. The average Bonchev–Trinajstić information content (AvgIpc) is 3.16. The van der Waals surface area contributed by atoms with Crippen molar-refractivity contribution >= 4 is 5.82 Å². The minimum atomic E-state index is 0.338. The quantitative estimate of drug-likeness (QED) is 0.877. The number of fused-ring (bicyclic) bond motifs is 3. The summed E-state index contributed by atoms with van der Waals surface area (Å²) in [6.07, 6.45) is 7.44. The van der Waals surface area contributed by atoms with Crippen LogP contribution in [0.5, 0.6) is 0 Å². The Labute approximate surface area is 106 Å². The van der Waals surface area contributed by atoms with Gasteiger partial charge in [-0.2, -0.15) is 0 Å². The zero-order valence-electron chi connectivity index (χ0n) is 10.4. The van der Waals surface area contributed by atoms with E-state index >= 15 is 0 Å². The lowest BCUT2D eigenvalue weighted by Crippen LogP contribution is -2.22. The number of hydrogen-bond donors (Lipinski definition) is 1. The first-order valence-corrected chi connectivity index (χ1v) is 6.67. The molecule has 3 heterocycles. The third-order valence-corrected chi connectivity index (χ3v) is 3.89. The normalized spacial score (nSPS) is 21.1. The molecule has 2 aliphatic rings. The summed E-state index contributed by atoms with van der Waals surface area (Å²) in [7, 11) is 0. The van der Waals surface area contributed by atoms with Crippen molar-refractivity contribution in [2.24, 2.45) is 0 Å². The first-order valence-electron chi connectivity index (χ1n) is 6.67. The fraction of sp³-hybridized carbons (Fsp3) is 0.429. The van der Waals surface area contributed by atoms with Crippen LogP contribution in [0.25, 0.3) is 5.69 Å². The molecule has 1 aliphatic heterocycles. The third kappa shape index (κ3) is 1.32. The van der Waals surface area contributed by atoms with Gasteiger partial charge in [0.1, 0.15) is 0 Å². The van der Waals surface area contributed by atoms with E-state index in [0.717, 1.165) is 17.9 Å². The predicted octanol–water partition coefficient (Wildman–Crippen LogP) is 3.02. The van der Waals surface area contributed by atoms with Gasteiger partial charge in [0.15, 0.2) is 5.82 Å². The van der Waals surface area contributed by atoms with Crippen LogP contribution in [0.2, 0.25) is 0 Å². The van der Waals surface area contributed by atoms with Crippen molar-refractivity contribution in [3.8, 4) is 5.69 Å². The van der Waals surface area contributed by atoms with Crippen LogP contribution < -0.4 is 5.32 Å². The molecule has 4 nitrogen and oxygen atoms in total. The fourth-order valence-electron chi connectivity index (χ4n) is 2.81. The van der Waals surface area contributed by atoms with Gasteiger partial charge in [-0.1, -0.05) is 6.92 Å². The highest BCUT2D eigenvalue weighted by atomic mass is 15.2. The predicted molar refractivity (Wildman–Crippen MR) is 70.0 cm³/mol. The molecule has 0 spiro atoms. The van der Waals surface area contributed by atoms with Gasteiger partial charge in [-0.3, -0.25) is 4.57 Å². The van der Waals surface area contributed by atoms with E-state index in [0.29, 0.717) is 12.0 Å². The zero-order chi connectivity index (χ0) is 12.1. The number of aromatic nitrogens is 3. The summed E-state index contributed by atoms with van der Waals surface area (Å²) in [5.41, 5.74) is 3.76. The second-order valence-corrected chi connectivity index (χ2v) is 5.14. The van der Waals surface area contributed by atoms with Crippen molar-refractivity contribution in [1.82, 2.24) is 14.5 Å². The lowest BCUT2D eigenvalue weighted by atomic mass is 10.0. The molecule has 92 valence electrons. The standard InChI is InChI=1S/C14H16N4/c1-2-10-13-12(9-5-6-9)16-8-18(13)11-4-3-7-15-14(11)17-10/h3-4,7-10H,2,5-6H2,1H3,(H,15,17). The molecule has 1 saturated carbocycles. The zero-order valence-corrected chi connectivity index (χ0v) is 10.4. The van der Waals surface area contributed by atoms with Crippen LogP contribution in [-0.2, 0) is 0 Å². The topological polar surface area (TPSA) is 42.7 Å². The van der Waals surface area contributed by atoms with Crippen LogP contribution in [0.3, 0.4) is 0 Å². The van der Waals surface area contributed by atoms with Crippen molar-refractivity contribution in [2.75, 3.05) is 5.32 Å². The van der Waals surface area contributed by atoms with Crippen LogP contribution in [0.15, 0.2) is 24.7 Å². The molecule has 0 aromatic carbocycles. The number of anilines is 1. The molecule has 1 unspecified atom stereocenters. The van der Waals surface area contributed by atoms with Crippen LogP contribution >= 0.6 is 0 Å². The van der Waals surface area contributed by atoms with Crippen LogP contribution in [-0.4, -0.2) is 14.5 Å². The van der Waals surface area contributed by atoms with E-state index in [1.54, 1.807) is 0 Å². The van der Waals surface area contributed by atoms with Gasteiger partial charge in [-0.05, 0) is 31.4 Å². The first-order chi connectivity index (χ1) is 8.88. The number of nitrogens with one attached hydrogen (secondary N) is 1. The molecule has 2 aromatic rings. The number of hydrogen-bond acceptors (Lipinski definition) is 3. The molecular weight excluding hydrogens is 224 g/mol. The monoisotopic (exact) mass is 240 g/mol. The Bertz CT molecular complexity index is 598. The molecule has 0 amide bonds. The van der Waals surface area contributed by atoms with Crippen molar-refractivity contribution in [3.63, 3.8) is 0 Å². The Hall–Kier alpha value is -1.84. The molecule has 0 radical (unpaired) electrons. The maximum atomic E-state index is 4.65.